The molecule has 2 aromatic heterocycles. The molecular formula is C20H21FN4O. The number of piperidine rings is 1. The molecule has 0 spiro atoms. The molecule has 1 aromatic carbocycles. The van der Waals surface area contributed by atoms with Gasteiger partial charge in [-0.3, -0.25) is 4.90 Å². The molecule has 1 saturated heterocycles. The number of nitrogens with zero attached hydrogens (tertiary/aromatic N) is 4. The van der Waals surface area contributed by atoms with E-state index in [0.29, 0.717) is 11.7 Å². The lowest BCUT2D eigenvalue weighted by atomic mass is 9.97. The standard InChI is InChI=1S/C20H21FN4O/c1-14-4-2-6-18(22-14)19-23-20(26-24-19)16-5-3-11-25(13-16)12-15-7-9-17(21)10-8-15/h2,4,6-10,16H,3,5,11-13H2,1H3/t16-/m0/s1. The fourth-order valence-corrected chi connectivity index (χ4v) is 3.42. The third-order valence-electron chi connectivity index (χ3n) is 4.73. The first-order valence-electron chi connectivity index (χ1n) is 8.92. The van der Waals surface area contributed by atoms with Crippen molar-refractivity contribution in [3.8, 4) is 11.5 Å². The zero-order chi connectivity index (χ0) is 17.9. The van der Waals surface area contributed by atoms with E-state index >= 15 is 0 Å². The van der Waals surface area contributed by atoms with Crippen molar-refractivity contribution in [3.63, 3.8) is 0 Å². The van der Waals surface area contributed by atoms with E-state index in [1.54, 1.807) is 0 Å². The zero-order valence-electron chi connectivity index (χ0n) is 14.7. The highest BCUT2D eigenvalue weighted by atomic mass is 19.1. The third kappa shape index (κ3) is 3.80. The first-order chi connectivity index (χ1) is 12.7. The highest BCUT2D eigenvalue weighted by Gasteiger charge is 2.26. The van der Waals surface area contributed by atoms with Crippen molar-refractivity contribution in [3.05, 3.63) is 65.4 Å². The number of benzene rings is 1. The number of hydrogen-bond acceptors (Lipinski definition) is 5. The maximum Gasteiger partial charge on any atom is 0.231 e. The molecule has 5 nitrogen and oxygen atoms in total. The van der Waals surface area contributed by atoms with Gasteiger partial charge in [-0.2, -0.15) is 4.98 Å². The summed E-state index contributed by atoms with van der Waals surface area (Å²) in [5, 5.41) is 4.11. The van der Waals surface area contributed by atoms with E-state index in [1.807, 2.05) is 37.3 Å². The summed E-state index contributed by atoms with van der Waals surface area (Å²) in [6, 6.07) is 12.5. The number of hydrogen-bond donors (Lipinski definition) is 0. The average Bonchev–Trinajstić information content (AvgIpc) is 3.14. The molecule has 6 heteroatoms. The Hall–Kier alpha value is -2.60. The van der Waals surface area contributed by atoms with Crippen LogP contribution in [0.2, 0.25) is 0 Å². The van der Waals surface area contributed by atoms with Crippen molar-refractivity contribution in [1.82, 2.24) is 20.0 Å². The number of aryl methyl sites for hydroxylation is 1. The van der Waals surface area contributed by atoms with E-state index in [4.69, 9.17) is 4.52 Å². The van der Waals surface area contributed by atoms with Gasteiger partial charge in [0.15, 0.2) is 0 Å². The Morgan fingerprint density at radius 2 is 2.00 bits per heavy atom. The van der Waals surface area contributed by atoms with Crippen LogP contribution in [-0.2, 0) is 6.54 Å². The third-order valence-corrected chi connectivity index (χ3v) is 4.73. The topological polar surface area (TPSA) is 55.1 Å². The van der Waals surface area contributed by atoms with E-state index < -0.39 is 0 Å². The molecule has 4 rings (SSSR count). The summed E-state index contributed by atoms with van der Waals surface area (Å²) in [6.07, 6.45) is 2.11. The molecule has 1 atom stereocenters. The quantitative estimate of drug-likeness (QED) is 0.711. The molecule has 0 N–H and O–H groups in total. The first-order valence-corrected chi connectivity index (χ1v) is 8.92. The Kier molecular flexibility index (Phi) is 4.75. The van der Waals surface area contributed by atoms with Gasteiger partial charge in [0.1, 0.15) is 11.5 Å². The summed E-state index contributed by atoms with van der Waals surface area (Å²) in [5.41, 5.74) is 2.78. The SMILES string of the molecule is Cc1cccc(-c2noc([C@H]3CCCN(Cc4ccc(F)cc4)C3)n2)n1. The van der Waals surface area contributed by atoms with Gasteiger partial charge in [-0.25, -0.2) is 9.37 Å². The van der Waals surface area contributed by atoms with Crippen molar-refractivity contribution in [2.45, 2.75) is 32.2 Å². The smallest absolute Gasteiger partial charge is 0.231 e. The number of likely N-dealkylation sites (tertiary alicyclic amines) is 1. The Labute approximate surface area is 151 Å². The fraction of sp³-hybridized carbons (Fsp3) is 0.350. The molecule has 0 saturated carbocycles. The molecule has 0 aliphatic carbocycles. The van der Waals surface area contributed by atoms with Crippen LogP contribution in [0.4, 0.5) is 4.39 Å². The van der Waals surface area contributed by atoms with E-state index in [1.165, 1.54) is 12.1 Å². The summed E-state index contributed by atoms with van der Waals surface area (Å²) < 4.78 is 18.6. The highest BCUT2D eigenvalue weighted by molar-refractivity contribution is 5.48. The lowest BCUT2D eigenvalue weighted by Gasteiger charge is -2.30. The maximum absolute atomic E-state index is 13.1. The Morgan fingerprint density at radius 3 is 2.81 bits per heavy atom. The minimum atomic E-state index is -0.201. The van der Waals surface area contributed by atoms with Crippen LogP contribution < -0.4 is 0 Å². The molecule has 1 aliphatic rings. The first kappa shape index (κ1) is 16.8. The summed E-state index contributed by atoms with van der Waals surface area (Å²) in [5.74, 6) is 1.23. The second-order valence-electron chi connectivity index (χ2n) is 6.82. The molecule has 0 amide bonds. The molecule has 0 radical (unpaired) electrons. The summed E-state index contributed by atoms with van der Waals surface area (Å²) in [4.78, 5) is 11.4. The predicted octanol–water partition coefficient (Wildman–Crippen LogP) is 3.96. The molecular weight excluding hydrogens is 331 g/mol. The second kappa shape index (κ2) is 7.33. The van der Waals surface area contributed by atoms with Crippen molar-refractivity contribution >= 4 is 0 Å². The lowest BCUT2D eigenvalue weighted by Crippen LogP contribution is -2.34. The average molecular weight is 352 g/mol. The molecule has 1 fully saturated rings. The minimum absolute atomic E-state index is 0.201. The van der Waals surface area contributed by atoms with E-state index in [-0.39, 0.29) is 11.7 Å². The Balaban J connectivity index is 1.45. The van der Waals surface area contributed by atoms with Gasteiger partial charge >= 0.3 is 0 Å². The minimum Gasteiger partial charge on any atom is -0.339 e. The van der Waals surface area contributed by atoms with Gasteiger partial charge in [-0.1, -0.05) is 23.4 Å². The van der Waals surface area contributed by atoms with Crippen molar-refractivity contribution < 1.29 is 8.91 Å². The van der Waals surface area contributed by atoms with Crippen LogP contribution in [0.3, 0.4) is 0 Å². The van der Waals surface area contributed by atoms with Gasteiger partial charge in [-0.15, -0.1) is 0 Å². The fourth-order valence-electron chi connectivity index (χ4n) is 3.42. The van der Waals surface area contributed by atoms with E-state index in [9.17, 15) is 4.39 Å². The summed E-state index contributed by atoms with van der Waals surface area (Å²) in [7, 11) is 0. The zero-order valence-corrected chi connectivity index (χ0v) is 14.7. The summed E-state index contributed by atoms with van der Waals surface area (Å²) in [6.45, 7) is 4.63. The largest absolute Gasteiger partial charge is 0.339 e. The van der Waals surface area contributed by atoms with E-state index in [0.717, 1.165) is 49.4 Å². The predicted molar refractivity (Wildman–Crippen MR) is 95.9 cm³/mol. The van der Waals surface area contributed by atoms with Crippen LogP contribution in [0, 0.1) is 12.7 Å². The Morgan fingerprint density at radius 1 is 1.15 bits per heavy atom. The molecule has 134 valence electrons. The van der Waals surface area contributed by atoms with Crippen LogP contribution >= 0.6 is 0 Å². The normalized spacial score (nSPS) is 18.2. The second-order valence-corrected chi connectivity index (χ2v) is 6.82. The van der Waals surface area contributed by atoms with Crippen molar-refractivity contribution in [2.24, 2.45) is 0 Å². The maximum atomic E-state index is 13.1. The number of pyridine rings is 1. The molecule has 26 heavy (non-hydrogen) atoms. The van der Waals surface area contributed by atoms with E-state index in [2.05, 4.69) is 20.0 Å². The Bertz CT molecular complexity index is 878. The van der Waals surface area contributed by atoms with Crippen LogP contribution in [0.25, 0.3) is 11.5 Å². The van der Waals surface area contributed by atoms with Crippen LogP contribution in [-0.4, -0.2) is 33.1 Å². The van der Waals surface area contributed by atoms with Gasteiger partial charge in [-0.05, 0) is 56.1 Å². The van der Waals surface area contributed by atoms with Gasteiger partial charge < -0.3 is 4.52 Å². The van der Waals surface area contributed by atoms with Gasteiger partial charge in [0.2, 0.25) is 11.7 Å². The number of aromatic nitrogens is 3. The van der Waals surface area contributed by atoms with Crippen LogP contribution in [0.15, 0.2) is 47.0 Å². The highest BCUT2D eigenvalue weighted by Crippen LogP contribution is 2.28. The number of halogens is 1. The molecule has 3 aromatic rings. The van der Waals surface area contributed by atoms with Crippen LogP contribution in [0.1, 0.15) is 35.9 Å². The lowest BCUT2D eigenvalue weighted by molar-refractivity contribution is 0.180. The summed E-state index contributed by atoms with van der Waals surface area (Å²) >= 11 is 0. The van der Waals surface area contributed by atoms with Crippen molar-refractivity contribution in [1.29, 1.82) is 0 Å². The molecule has 3 heterocycles. The van der Waals surface area contributed by atoms with Crippen molar-refractivity contribution in [2.75, 3.05) is 13.1 Å². The molecule has 0 bridgehead atoms. The van der Waals surface area contributed by atoms with Gasteiger partial charge in [0.05, 0.1) is 5.92 Å². The molecule has 1 aliphatic heterocycles. The van der Waals surface area contributed by atoms with Gasteiger partial charge in [0.25, 0.3) is 0 Å². The number of rotatable bonds is 4. The van der Waals surface area contributed by atoms with Gasteiger partial charge in [0, 0.05) is 18.8 Å². The molecule has 0 unspecified atom stereocenters. The monoisotopic (exact) mass is 352 g/mol. The van der Waals surface area contributed by atoms with Crippen LogP contribution in [0.5, 0.6) is 0 Å².